The highest BCUT2D eigenvalue weighted by Crippen LogP contribution is 2.51. The number of nitrogens with one attached hydrogen (secondary N) is 2. The summed E-state index contributed by atoms with van der Waals surface area (Å²) in [6.07, 6.45) is -14.0. The van der Waals surface area contributed by atoms with Crippen molar-refractivity contribution in [3.63, 3.8) is 0 Å². The summed E-state index contributed by atoms with van der Waals surface area (Å²) in [5, 5.41) is 69.7. The first-order valence-corrected chi connectivity index (χ1v) is 14.0. The molecule has 3 heterocycles. The van der Waals surface area contributed by atoms with Crippen molar-refractivity contribution in [1.29, 1.82) is 0 Å². The number of amides is 3. The van der Waals surface area contributed by atoms with E-state index in [1.54, 1.807) is 0 Å². The molecule has 2 fully saturated rings. The summed E-state index contributed by atoms with van der Waals surface area (Å²) in [4.78, 5) is 49.8. The maximum Gasteiger partial charge on any atom is 0.475 e. The molecule has 2 unspecified atom stereocenters. The Kier molecular flexibility index (Phi) is 11.1. The molecule has 0 bridgehead atoms. The minimum absolute atomic E-state index is 0.749. The largest absolute Gasteiger partial charge is 0.477 e. The highest BCUT2D eigenvalue weighted by Gasteiger charge is 2.59. The molecule has 0 aromatic carbocycles. The lowest BCUT2D eigenvalue weighted by Gasteiger charge is -2.46. The summed E-state index contributed by atoms with van der Waals surface area (Å²) < 4.78 is 33.2. The second-order valence-corrected chi connectivity index (χ2v) is 11.1. The van der Waals surface area contributed by atoms with Crippen LogP contribution in [0.25, 0.3) is 10.4 Å². The third kappa shape index (κ3) is 7.96. The third-order valence-electron chi connectivity index (χ3n) is 6.59. The molecule has 3 aliphatic rings. The van der Waals surface area contributed by atoms with Crippen molar-refractivity contribution in [1.82, 2.24) is 15.5 Å². The summed E-state index contributed by atoms with van der Waals surface area (Å²) in [5.41, 5.74) is 14.0. The van der Waals surface area contributed by atoms with Crippen molar-refractivity contribution in [3.05, 3.63) is 22.7 Å². The Morgan fingerprint density at radius 2 is 2.05 bits per heavy atom. The fraction of sp³-hybridized carbons (Fsp3) is 0.750. The zero-order valence-corrected chi connectivity index (χ0v) is 23.2. The molecule has 3 amide bonds. The van der Waals surface area contributed by atoms with Crippen LogP contribution in [-0.2, 0) is 32.7 Å². The number of azide groups is 1. The van der Waals surface area contributed by atoms with Crippen molar-refractivity contribution >= 4 is 25.7 Å². The van der Waals surface area contributed by atoms with Gasteiger partial charge in [-0.05, 0) is 11.6 Å². The number of carbonyl (C=O) groups is 3. The molecule has 43 heavy (non-hydrogen) atoms. The lowest BCUT2D eigenvalue weighted by molar-refractivity contribution is -0.287. The molecule has 0 spiro atoms. The van der Waals surface area contributed by atoms with E-state index >= 15 is 0 Å². The Morgan fingerprint density at radius 3 is 2.63 bits per heavy atom. The number of aliphatic hydroxyl groups excluding tert-OH is 5. The van der Waals surface area contributed by atoms with Gasteiger partial charge >= 0.3 is 19.8 Å². The van der Waals surface area contributed by atoms with Crippen LogP contribution < -0.4 is 16.4 Å². The number of nitrogens with two attached hydrogens (primary N) is 1. The lowest BCUT2D eigenvalue weighted by Crippen LogP contribution is -2.67. The van der Waals surface area contributed by atoms with Gasteiger partial charge in [0.1, 0.15) is 30.5 Å². The van der Waals surface area contributed by atoms with Crippen LogP contribution in [0.3, 0.4) is 0 Å². The van der Waals surface area contributed by atoms with Crippen molar-refractivity contribution in [2.45, 2.75) is 80.3 Å². The van der Waals surface area contributed by atoms with Crippen LogP contribution in [0.15, 0.2) is 17.4 Å². The molecule has 3 rings (SSSR count). The number of carboxylic acids is 1. The van der Waals surface area contributed by atoms with Gasteiger partial charge in [0.15, 0.2) is 6.23 Å². The lowest BCUT2D eigenvalue weighted by atomic mass is 9.88. The van der Waals surface area contributed by atoms with E-state index in [9.17, 15) is 54.5 Å². The molecule has 3 aliphatic heterocycles. The first kappa shape index (κ1) is 34.5. The standard InChI is InChI=1S/C20H32N7O15P/c1-7(28)24-12-8(29)4-20(18(34)35,41-16(12)13(31)9(30)5-23-26-22)42-43(37,38)39-6-10-14(32)15(33)17(40-10)27-3-2-11(21)25-19(27)36/h2-3,8-17,29-33H,4-6,21H2,1H3,(H,24,28)(H,25,36)(H,34,35)(H,37,38)/t8-,9+,10+,11?,12+,13+,14+,15+,16+,17+,20+/m0/s1. The first-order valence-electron chi connectivity index (χ1n) is 12.5. The van der Waals surface area contributed by atoms with Crippen molar-refractivity contribution in [3.8, 4) is 0 Å². The number of phosphoric ester groups is 1. The van der Waals surface area contributed by atoms with Crippen LogP contribution in [0, 0.1) is 0 Å². The van der Waals surface area contributed by atoms with Crippen LogP contribution >= 0.6 is 7.82 Å². The second-order valence-electron chi connectivity index (χ2n) is 9.74. The molecular formula is C20H32N7O15P. The molecule has 11 N–H and O–H groups in total. The number of nitrogens with zero attached hydrogens (tertiary/aromatic N) is 4. The zero-order valence-electron chi connectivity index (χ0n) is 22.3. The number of phosphoric acid groups is 1. The minimum Gasteiger partial charge on any atom is -0.477 e. The fourth-order valence-electron chi connectivity index (χ4n) is 4.54. The third-order valence-corrected chi connectivity index (χ3v) is 7.59. The van der Waals surface area contributed by atoms with Gasteiger partial charge in [-0.15, -0.1) is 0 Å². The van der Waals surface area contributed by atoms with E-state index in [1.807, 2.05) is 0 Å². The Hall–Kier alpha value is -2.95. The number of rotatable bonds is 12. The predicted molar refractivity (Wildman–Crippen MR) is 135 cm³/mol. The molecule has 242 valence electrons. The van der Waals surface area contributed by atoms with Gasteiger partial charge in [-0.25, -0.2) is 18.7 Å². The molecule has 0 aliphatic carbocycles. The Morgan fingerprint density at radius 1 is 1.37 bits per heavy atom. The van der Waals surface area contributed by atoms with E-state index in [4.69, 9.17) is 29.8 Å². The fourth-order valence-corrected chi connectivity index (χ4v) is 5.49. The smallest absolute Gasteiger partial charge is 0.475 e. The number of aliphatic carboxylic acids is 1. The van der Waals surface area contributed by atoms with E-state index < -0.39 is 112 Å². The van der Waals surface area contributed by atoms with Gasteiger partial charge in [0.25, 0.3) is 5.79 Å². The van der Waals surface area contributed by atoms with Crippen LogP contribution in [0.4, 0.5) is 4.79 Å². The number of aliphatic hydroxyl groups is 5. The summed E-state index contributed by atoms with van der Waals surface area (Å²) in [6.45, 7) is -0.742. The van der Waals surface area contributed by atoms with Crippen LogP contribution in [-0.4, -0.2) is 138 Å². The molecule has 0 radical (unpaired) electrons. The average Bonchev–Trinajstić information content (AvgIpc) is 3.19. The molecule has 0 aromatic rings. The van der Waals surface area contributed by atoms with Crippen LogP contribution in [0.2, 0.25) is 0 Å². The maximum absolute atomic E-state index is 12.9. The molecule has 0 saturated carbocycles. The van der Waals surface area contributed by atoms with Crippen LogP contribution in [0.1, 0.15) is 13.3 Å². The monoisotopic (exact) mass is 641 g/mol. The Bertz CT molecular complexity index is 1190. The topological polar surface area (TPSA) is 349 Å². The Balaban J connectivity index is 1.77. The van der Waals surface area contributed by atoms with Gasteiger partial charge in [-0.1, -0.05) is 5.11 Å². The predicted octanol–water partition coefficient (Wildman–Crippen LogP) is -4.14. The van der Waals surface area contributed by atoms with E-state index in [-0.39, 0.29) is 0 Å². The number of urea groups is 1. The average molecular weight is 641 g/mol. The summed E-state index contributed by atoms with van der Waals surface area (Å²) >= 11 is 0. The number of carbonyl (C=O) groups excluding carboxylic acids is 2. The minimum atomic E-state index is -5.53. The van der Waals surface area contributed by atoms with Gasteiger partial charge in [0, 0.05) is 24.5 Å². The maximum atomic E-state index is 12.9. The number of carboxylic acid groups (broad SMARTS) is 1. The van der Waals surface area contributed by atoms with Crippen molar-refractivity contribution < 1.29 is 73.0 Å². The normalized spacial score (nSPS) is 37.0. The highest BCUT2D eigenvalue weighted by atomic mass is 31.2. The van der Waals surface area contributed by atoms with Crippen molar-refractivity contribution in [2.24, 2.45) is 10.8 Å². The first-order chi connectivity index (χ1) is 20.0. The summed E-state index contributed by atoms with van der Waals surface area (Å²) in [6, 6.07) is -2.38. The Labute approximate surface area is 241 Å². The quantitative estimate of drug-likeness (QED) is 0.0418. The summed E-state index contributed by atoms with van der Waals surface area (Å²) in [5.74, 6) is -6.10. The highest BCUT2D eigenvalue weighted by molar-refractivity contribution is 7.47. The van der Waals surface area contributed by atoms with Gasteiger partial charge in [0.2, 0.25) is 5.91 Å². The number of hydrogen-bond donors (Lipinski definition) is 10. The number of hydrogen-bond acceptors (Lipinski definition) is 15. The van der Waals surface area contributed by atoms with Gasteiger partial charge in [0.05, 0.1) is 37.6 Å². The second kappa shape index (κ2) is 13.8. The zero-order chi connectivity index (χ0) is 32.3. The van der Waals surface area contributed by atoms with E-state index in [0.29, 0.717) is 0 Å². The molecule has 0 aromatic heterocycles. The van der Waals surface area contributed by atoms with Crippen molar-refractivity contribution in [2.75, 3.05) is 13.2 Å². The summed E-state index contributed by atoms with van der Waals surface area (Å²) in [7, 11) is -5.53. The van der Waals surface area contributed by atoms with Gasteiger partial charge in [-0.2, -0.15) is 0 Å². The molecular weight excluding hydrogens is 609 g/mol. The van der Waals surface area contributed by atoms with Crippen LogP contribution in [0.5, 0.6) is 0 Å². The SMILES string of the molecule is CC(=O)N[C@H]1[C@H]([C@H](O)[C@H](O)CN=[N+]=[N-])O[C@](OP(=O)(O)OC[C@H]2O[C@@H](N3C=CC(N)NC3=O)[C@H](O)[C@@H]2O)(C(=O)O)C[C@@H]1O. The van der Waals surface area contributed by atoms with E-state index in [1.165, 1.54) is 12.3 Å². The molecule has 23 heteroatoms. The number of ether oxygens (including phenoxy) is 2. The van der Waals surface area contributed by atoms with E-state index in [2.05, 4.69) is 20.7 Å². The van der Waals surface area contributed by atoms with Gasteiger partial charge in [-0.3, -0.25) is 14.2 Å². The van der Waals surface area contributed by atoms with E-state index in [0.717, 1.165) is 11.8 Å². The molecule has 2 saturated heterocycles. The van der Waals surface area contributed by atoms with Gasteiger partial charge < -0.3 is 61.4 Å². The molecule has 12 atom stereocenters. The molecule has 22 nitrogen and oxygen atoms in total.